The highest BCUT2D eigenvalue weighted by Gasteiger charge is 2.50. The number of rotatable bonds is 96. The number of alkyl carbamates (subject to hydrolysis) is 1. The number of nitrogens with one attached hydrogen (secondary N) is 8. The van der Waals surface area contributed by atoms with Crippen molar-refractivity contribution in [2.45, 2.75) is 556 Å². The van der Waals surface area contributed by atoms with Crippen LogP contribution in [0.2, 0.25) is 0 Å². The van der Waals surface area contributed by atoms with Gasteiger partial charge in [-0.15, -0.1) is 12.3 Å². The van der Waals surface area contributed by atoms with Crippen LogP contribution in [0.15, 0.2) is 0 Å². The van der Waals surface area contributed by atoms with Crippen molar-refractivity contribution in [3.05, 3.63) is 0 Å². The maximum Gasteiger partial charge on any atom is 0.408 e. The van der Waals surface area contributed by atoms with Gasteiger partial charge in [-0.1, -0.05) is 290 Å². The Labute approximate surface area is 854 Å². The summed E-state index contributed by atoms with van der Waals surface area (Å²) in [6.07, 6.45) is 47.2. The van der Waals surface area contributed by atoms with E-state index in [-0.39, 0.29) is 133 Å². The van der Waals surface area contributed by atoms with Crippen molar-refractivity contribution in [3.63, 3.8) is 0 Å². The first-order valence-electron chi connectivity index (χ1n) is 56.3. The number of esters is 1. The molecule has 0 saturated carbocycles. The highest BCUT2D eigenvalue weighted by Crippen LogP contribution is 2.29. The van der Waals surface area contributed by atoms with Crippen LogP contribution < -0.4 is 42.5 Å². The number of ketones is 3. The molecule has 0 aromatic rings. The minimum atomic E-state index is -1.81. The molecule has 822 valence electrons. The minimum absolute atomic E-state index is 0.0236. The number of aliphatic hydroxyl groups excluding tert-OH is 5. The summed E-state index contributed by atoms with van der Waals surface area (Å²) in [6, 6.07) is -4.45. The van der Waals surface area contributed by atoms with E-state index < -0.39 is 134 Å². The maximum absolute atomic E-state index is 14.4. The summed E-state index contributed by atoms with van der Waals surface area (Å²) < 4.78 is 37.9. The molecular formula is C110H198N8O24. The minimum Gasteiger partial charge on any atom is -0.464 e. The lowest BCUT2D eigenvalue weighted by Crippen LogP contribution is -2.62. The molecule has 2 saturated heterocycles. The zero-order valence-electron chi connectivity index (χ0n) is 88.9. The van der Waals surface area contributed by atoms with E-state index in [0.29, 0.717) is 90.3 Å². The van der Waals surface area contributed by atoms with Crippen LogP contribution in [0.5, 0.6) is 0 Å². The van der Waals surface area contributed by atoms with Gasteiger partial charge in [0.05, 0.1) is 37.9 Å². The number of amides is 8. The average Bonchev–Trinajstić information content (AvgIpc) is 0.788. The number of terminal acetylenes is 1. The lowest BCUT2D eigenvalue weighted by molar-refractivity contribution is -0.328. The molecule has 0 aliphatic carbocycles. The van der Waals surface area contributed by atoms with E-state index >= 15 is 0 Å². The number of ether oxygens (including phenoxy) is 7. The SMILES string of the molecule is C#CCCCC(=O)N[C@@H](CCCCNC(=O)CCCCCCCCCCCCCCCCC)C(=O)CCC(=O)N[C@@H](CCCCNC(=O)CCCCCCCCCCCCCCCCC)C(=O)CCC(=O)N[C@@H](CCCCNC(=O)CCCCCCCCCCCCCCCCC)C(=O)CCC(=O)NCCCC[C@H](NC(=O)O[C@@H]1C(O)[C@@H](OC)OC(CO[C@@H]2OC(COC)[C@@H](O)[C@H](O)C2O)[C@H]1O)C(=O)OCC. The largest absolute Gasteiger partial charge is 0.464 e. The van der Waals surface area contributed by atoms with Crippen LogP contribution in [0.25, 0.3) is 0 Å². The van der Waals surface area contributed by atoms with Crippen molar-refractivity contribution in [2.75, 3.05) is 60.2 Å². The van der Waals surface area contributed by atoms with Crippen molar-refractivity contribution < 1.29 is 116 Å². The molecule has 13 N–H and O–H groups in total. The molecule has 32 nitrogen and oxygen atoms in total. The van der Waals surface area contributed by atoms with Crippen LogP contribution in [0.4, 0.5) is 4.79 Å². The van der Waals surface area contributed by atoms with Gasteiger partial charge < -0.3 is 101 Å². The number of Topliss-reactive ketones (excluding diaryl/α,β-unsaturated/α-hetero) is 3. The highest BCUT2D eigenvalue weighted by atomic mass is 16.7. The monoisotopic (exact) mass is 2020 g/mol. The Balaban J connectivity index is 2.22. The standard InChI is InChI=1S/C110H198N8O24/c1-8-13-17-20-23-26-29-32-35-38-41-44-47-50-54-69-94(122)111-79-61-57-65-85(115-98(126)72-53-16-11-4)90(120)74-77-100(128)117-87(67-59-63-81-113-96(124)71-56-52-49-46-43-40-37-34-31-28-25-22-19-15-10-3)91(121)75-78-99(127)116-86(66-58-62-80-112-95(123)70-55-51-48-45-42-39-36-33-30-27-24-21-18-14-9-2)89(119)73-76-97(125)114-82-64-60-68-88(107(134)138-12-5)118-110(135)142-106-102(130)93(140-108(137-7)105(106)133)84-139-109-104(132)103(131)101(129)92(141-109)83-136-6/h4,85-88,92-93,101-106,108-109,129-133H,8-10,12-84H2,1-3,5-7H3,(H,111,122)(H,112,123)(H,113,124)(H,114,125)(H,115,126)(H,116,127)(H,117,128)(H,118,135)/t85-,86-,87-,88-,92?,93?,101+,102+,103-,104?,105?,106-,108-,109+/m0/s1. The third-order valence-electron chi connectivity index (χ3n) is 27.1. The number of methoxy groups -OCH3 is 2. The van der Waals surface area contributed by atoms with Gasteiger partial charge in [-0.05, 0) is 110 Å². The van der Waals surface area contributed by atoms with Gasteiger partial charge in [-0.3, -0.25) is 47.9 Å². The van der Waals surface area contributed by atoms with Crippen molar-refractivity contribution in [1.29, 1.82) is 0 Å². The maximum atomic E-state index is 14.4. The summed E-state index contributed by atoms with van der Waals surface area (Å²) in [5, 5.41) is 76.6. The van der Waals surface area contributed by atoms with Gasteiger partial charge in [0, 0.05) is 111 Å². The predicted molar refractivity (Wildman–Crippen MR) is 553 cm³/mol. The third kappa shape index (κ3) is 67.9. The fraction of sp³-hybridized carbons (Fsp3) is 0.873. The summed E-state index contributed by atoms with van der Waals surface area (Å²) in [4.78, 5) is 163. The second-order valence-electron chi connectivity index (χ2n) is 39.7. The molecule has 14 atom stereocenters. The van der Waals surface area contributed by atoms with Crippen LogP contribution in [0, 0.1) is 12.3 Å². The van der Waals surface area contributed by atoms with E-state index in [2.05, 4.69) is 69.2 Å². The number of carbonyl (C=O) groups is 12. The van der Waals surface area contributed by atoms with Crippen LogP contribution in [-0.4, -0.2) is 242 Å². The number of hydrogen-bond acceptors (Lipinski definition) is 24. The second-order valence-corrected chi connectivity index (χ2v) is 39.7. The fourth-order valence-corrected chi connectivity index (χ4v) is 18.2. The average molecular weight is 2020 g/mol. The Bertz CT molecular complexity index is 3340. The molecule has 2 rings (SSSR count). The third-order valence-corrected chi connectivity index (χ3v) is 27.1. The summed E-state index contributed by atoms with van der Waals surface area (Å²) in [7, 11) is 2.52. The van der Waals surface area contributed by atoms with E-state index in [1.165, 1.54) is 233 Å². The molecule has 0 radical (unpaired) electrons. The Morgan fingerprint density at radius 1 is 0.303 bits per heavy atom. The first-order chi connectivity index (χ1) is 68.9. The molecule has 0 bridgehead atoms. The molecule has 142 heavy (non-hydrogen) atoms. The number of carbonyl (C=O) groups excluding carboxylic acids is 12. The van der Waals surface area contributed by atoms with Crippen LogP contribution in [0.1, 0.15) is 471 Å². The molecule has 0 spiro atoms. The van der Waals surface area contributed by atoms with Gasteiger partial charge in [0.25, 0.3) is 0 Å². The smallest absolute Gasteiger partial charge is 0.408 e. The quantitative estimate of drug-likeness (QED) is 0.0153. The molecule has 32 heteroatoms. The van der Waals surface area contributed by atoms with E-state index in [1.807, 2.05) is 0 Å². The fourth-order valence-electron chi connectivity index (χ4n) is 18.2. The zero-order chi connectivity index (χ0) is 104. The van der Waals surface area contributed by atoms with Gasteiger partial charge in [0.15, 0.2) is 36.0 Å². The van der Waals surface area contributed by atoms with Crippen LogP contribution in [0.3, 0.4) is 0 Å². The van der Waals surface area contributed by atoms with E-state index in [1.54, 1.807) is 6.92 Å². The molecule has 8 amide bonds. The van der Waals surface area contributed by atoms with Gasteiger partial charge in [0.2, 0.25) is 41.4 Å². The predicted octanol–water partition coefficient (Wildman–Crippen LogP) is 16.8. The molecule has 2 aliphatic heterocycles. The zero-order valence-corrected chi connectivity index (χ0v) is 88.9. The van der Waals surface area contributed by atoms with Crippen molar-refractivity contribution in [1.82, 2.24) is 42.5 Å². The summed E-state index contributed by atoms with van der Waals surface area (Å²) in [5.74, 6) is -1.91. The Kier molecular flexibility index (Phi) is 82.6. The van der Waals surface area contributed by atoms with Gasteiger partial charge >= 0.3 is 12.1 Å². The molecule has 2 aliphatic rings. The summed E-state index contributed by atoms with van der Waals surface area (Å²) in [5.41, 5.74) is 0. The second kappa shape index (κ2) is 89.4. The van der Waals surface area contributed by atoms with Gasteiger partial charge in [-0.25, -0.2) is 9.59 Å². The van der Waals surface area contributed by atoms with E-state index in [4.69, 9.17) is 39.6 Å². The van der Waals surface area contributed by atoms with Crippen molar-refractivity contribution in [3.8, 4) is 12.3 Å². The highest BCUT2D eigenvalue weighted by molar-refractivity contribution is 5.95. The number of unbranched alkanes of at least 4 members (excludes halogenated alkanes) is 47. The molecule has 2 heterocycles. The van der Waals surface area contributed by atoms with Gasteiger partial charge in [-0.2, -0.15) is 0 Å². The van der Waals surface area contributed by atoms with Crippen LogP contribution in [-0.2, 0) is 85.9 Å². The van der Waals surface area contributed by atoms with Crippen molar-refractivity contribution in [2.24, 2.45) is 0 Å². The molecular weight excluding hydrogens is 1820 g/mol. The first-order valence-corrected chi connectivity index (χ1v) is 56.3. The Hall–Kier alpha value is -6.80. The van der Waals surface area contributed by atoms with Crippen molar-refractivity contribution >= 4 is 70.8 Å². The van der Waals surface area contributed by atoms with E-state index in [0.717, 1.165) is 70.6 Å². The molecule has 2 fully saturated rings. The van der Waals surface area contributed by atoms with Crippen LogP contribution >= 0.6 is 0 Å². The lowest BCUT2D eigenvalue weighted by atomic mass is 9.98. The number of aliphatic hydroxyl groups is 5. The Morgan fingerprint density at radius 3 is 0.923 bits per heavy atom. The topological polar surface area (TPSA) is 467 Å². The summed E-state index contributed by atoms with van der Waals surface area (Å²) >= 11 is 0. The van der Waals surface area contributed by atoms with Gasteiger partial charge in [0.1, 0.15) is 48.8 Å². The molecule has 0 aromatic carbocycles. The number of hydrogen-bond donors (Lipinski definition) is 13. The summed E-state index contributed by atoms with van der Waals surface area (Å²) in [6.45, 7) is 8.60. The molecule has 4 unspecified atom stereocenters. The lowest BCUT2D eigenvalue weighted by Gasteiger charge is -2.43. The normalized spacial score (nSPS) is 18.7. The van der Waals surface area contributed by atoms with E-state index in [9.17, 15) is 83.1 Å². The molecule has 0 aromatic heterocycles. The first kappa shape index (κ1) is 131. The Morgan fingerprint density at radius 2 is 0.599 bits per heavy atom.